The van der Waals surface area contributed by atoms with Crippen molar-refractivity contribution in [3.8, 4) is 0 Å². The molecule has 0 fully saturated rings. The van der Waals surface area contributed by atoms with E-state index in [2.05, 4.69) is 50.9 Å². The second kappa shape index (κ2) is 9.69. The molecule has 1 aromatic rings. The smallest absolute Gasteiger partial charge is 0.0218 e. The molecule has 0 saturated carbocycles. The summed E-state index contributed by atoms with van der Waals surface area (Å²) in [6, 6.07) is 0. The monoisotopic (exact) mass is 321 g/mol. The third kappa shape index (κ3) is 7.28. The number of aryl methyl sites for hydroxylation is 2. The molecule has 1 heterocycles. The third-order valence-corrected chi connectivity index (χ3v) is 3.02. The number of aromatic nitrogens is 2. The van der Waals surface area contributed by atoms with E-state index in [-0.39, 0.29) is 32.7 Å². The third-order valence-electron chi connectivity index (χ3n) is 3.02. The van der Waals surface area contributed by atoms with Crippen LogP contribution in [0.5, 0.6) is 0 Å². The maximum Gasteiger partial charge on any atom is 0.0218 e. The fraction of sp³-hybridized carbons (Fsp3) is 0.533. The molecular weight excluding hydrogens is 297 g/mol. The first kappa shape index (κ1) is 20.1. The van der Waals surface area contributed by atoms with Crippen molar-refractivity contribution in [3.05, 3.63) is 40.3 Å². The van der Waals surface area contributed by atoms with Crippen LogP contribution in [0.2, 0.25) is 0 Å². The fourth-order valence-corrected chi connectivity index (χ4v) is 1.10. The molecule has 99 valence electrons. The van der Waals surface area contributed by atoms with Crippen LogP contribution in [-0.4, -0.2) is 9.97 Å². The molecule has 2 nitrogen and oxygen atoms in total. The summed E-state index contributed by atoms with van der Waals surface area (Å²) in [5.74, 6) is 1.42. The van der Waals surface area contributed by atoms with E-state index in [4.69, 9.17) is 0 Å². The maximum atomic E-state index is 3.90. The number of hydrogen-bond acceptors (Lipinski definition) is 2. The minimum absolute atomic E-state index is 0. The summed E-state index contributed by atoms with van der Waals surface area (Å²) < 4.78 is 0. The summed E-state index contributed by atoms with van der Waals surface area (Å²) in [5, 5.41) is 0. The van der Waals surface area contributed by atoms with E-state index in [1.54, 1.807) is 0 Å². The molecule has 0 unspecified atom stereocenters. The van der Waals surface area contributed by atoms with Crippen molar-refractivity contribution in [2.24, 2.45) is 0 Å². The Bertz CT molecular complexity index is 371. The van der Waals surface area contributed by atoms with Crippen LogP contribution in [0.4, 0.5) is 0 Å². The molecular formula is C15H24N2Y-2. The molecule has 0 aliphatic rings. The van der Waals surface area contributed by atoms with Crippen molar-refractivity contribution in [2.75, 3.05) is 0 Å². The summed E-state index contributed by atoms with van der Waals surface area (Å²) in [6.07, 6.45) is 2.57. The molecule has 0 N–H and O–H groups in total. The SMILES string of the molecule is CC(C)=C(C)[C-](C)C.Cc1n[c-]nc(C)c1C.[Y]. The van der Waals surface area contributed by atoms with Gasteiger partial charge in [-0.3, -0.25) is 0 Å². The van der Waals surface area contributed by atoms with Gasteiger partial charge in [0.25, 0.3) is 0 Å². The molecule has 0 saturated heterocycles. The van der Waals surface area contributed by atoms with E-state index in [0.29, 0.717) is 0 Å². The van der Waals surface area contributed by atoms with Crippen LogP contribution in [0.25, 0.3) is 0 Å². The Hall–Kier alpha value is -0.206. The van der Waals surface area contributed by atoms with E-state index >= 15 is 0 Å². The van der Waals surface area contributed by atoms with Crippen LogP contribution in [0, 0.1) is 33.0 Å². The zero-order valence-electron chi connectivity index (χ0n) is 13.0. The molecule has 0 aliphatic carbocycles. The molecule has 0 bridgehead atoms. The van der Waals surface area contributed by atoms with Gasteiger partial charge in [0.1, 0.15) is 0 Å². The van der Waals surface area contributed by atoms with Gasteiger partial charge in [-0.15, -0.1) is 33.3 Å². The Kier molecular flexibility index (Phi) is 10.8. The summed E-state index contributed by atoms with van der Waals surface area (Å²) in [5.41, 5.74) is 6.05. The topological polar surface area (TPSA) is 25.8 Å². The molecule has 1 aromatic heterocycles. The standard InChI is InChI=1S/C8H15.C7H9N2.Y/c1-6(2)8(5)7(3)4;1-5-6(2)8-4-9-7(5)3;/h1-5H3;1-3H3;/q2*-1;. The molecule has 1 radical (unpaired) electrons. The van der Waals surface area contributed by atoms with Crippen LogP contribution in [0.1, 0.15) is 51.6 Å². The second-order valence-corrected chi connectivity index (χ2v) is 4.74. The molecule has 18 heavy (non-hydrogen) atoms. The van der Waals surface area contributed by atoms with E-state index in [9.17, 15) is 0 Å². The van der Waals surface area contributed by atoms with Crippen molar-refractivity contribution < 1.29 is 32.7 Å². The molecule has 3 heteroatoms. The molecule has 0 amide bonds. The predicted molar refractivity (Wildman–Crippen MR) is 73.7 cm³/mol. The van der Waals surface area contributed by atoms with Crippen molar-refractivity contribution in [1.82, 2.24) is 9.97 Å². The van der Waals surface area contributed by atoms with Gasteiger partial charge in [0.15, 0.2) is 0 Å². The summed E-state index contributed by atoms with van der Waals surface area (Å²) in [4.78, 5) is 7.81. The Morgan fingerprint density at radius 2 is 1.33 bits per heavy atom. The van der Waals surface area contributed by atoms with Crippen molar-refractivity contribution >= 4 is 0 Å². The van der Waals surface area contributed by atoms with Gasteiger partial charge in [0, 0.05) is 39.0 Å². The second-order valence-electron chi connectivity index (χ2n) is 4.74. The molecule has 0 atom stereocenters. The quantitative estimate of drug-likeness (QED) is 0.726. The van der Waals surface area contributed by atoms with Crippen molar-refractivity contribution in [2.45, 2.75) is 55.4 Å². The number of hydrogen-bond donors (Lipinski definition) is 0. The average Bonchev–Trinajstić information content (AvgIpc) is 2.25. The van der Waals surface area contributed by atoms with Crippen LogP contribution in [0.3, 0.4) is 0 Å². The van der Waals surface area contributed by atoms with Gasteiger partial charge >= 0.3 is 0 Å². The summed E-state index contributed by atoms with van der Waals surface area (Å²) in [6.45, 7) is 16.7. The first-order valence-electron chi connectivity index (χ1n) is 5.89. The van der Waals surface area contributed by atoms with Crippen molar-refractivity contribution in [1.29, 1.82) is 0 Å². The van der Waals surface area contributed by atoms with Gasteiger partial charge in [-0.2, -0.15) is 0 Å². The average molecular weight is 321 g/mol. The summed E-state index contributed by atoms with van der Waals surface area (Å²) >= 11 is 0. The molecule has 0 aliphatic heterocycles. The minimum Gasteiger partial charge on any atom is -0.371 e. The first-order valence-corrected chi connectivity index (χ1v) is 5.89. The number of nitrogens with zero attached hydrogens (tertiary/aromatic N) is 2. The van der Waals surface area contributed by atoms with Crippen LogP contribution < -0.4 is 0 Å². The predicted octanol–water partition coefficient (Wildman–Crippen LogP) is 4.16. The zero-order valence-corrected chi connectivity index (χ0v) is 15.8. The van der Waals surface area contributed by atoms with E-state index in [1.165, 1.54) is 17.1 Å². The minimum atomic E-state index is 0. The Labute approximate surface area is 138 Å². The zero-order chi connectivity index (χ0) is 13.6. The summed E-state index contributed by atoms with van der Waals surface area (Å²) in [7, 11) is 0. The van der Waals surface area contributed by atoms with E-state index in [0.717, 1.165) is 17.0 Å². The van der Waals surface area contributed by atoms with Gasteiger partial charge in [0.2, 0.25) is 0 Å². The van der Waals surface area contributed by atoms with Gasteiger partial charge in [-0.25, -0.2) is 17.1 Å². The fourth-order valence-electron chi connectivity index (χ4n) is 1.10. The van der Waals surface area contributed by atoms with Gasteiger partial charge < -0.3 is 9.97 Å². The van der Waals surface area contributed by atoms with Crippen LogP contribution >= 0.6 is 0 Å². The molecule has 0 aromatic carbocycles. The Morgan fingerprint density at radius 3 is 1.50 bits per heavy atom. The number of rotatable bonds is 1. The normalized spacial score (nSPS) is 8.67. The van der Waals surface area contributed by atoms with Crippen LogP contribution in [0.15, 0.2) is 11.1 Å². The van der Waals surface area contributed by atoms with Gasteiger partial charge in [0.05, 0.1) is 0 Å². The molecule has 1 rings (SSSR count). The molecule has 0 spiro atoms. The largest absolute Gasteiger partial charge is 0.371 e. The Morgan fingerprint density at radius 1 is 0.944 bits per heavy atom. The maximum absolute atomic E-state index is 3.90. The Balaban J connectivity index is 0. The van der Waals surface area contributed by atoms with Gasteiger partial charge in [-0.05, 0) is 0 Å². The van der Waals surface area contributed by atoms with Crippen molar-refractivity contribution in [3.63, 3.8) is 0 Å². The van der Waals surface area contributed by atoms with Crippen LogP contribution in [-0.2, 0) is 32.7 Å². The number of allylic oxidation sites excluding steroid dienone is 2. The van der Waals surface area contributed by atoms with E-state index < -0.39 is 0 Å². The van der Waals surface area contributed by atoms with Gasteiger partial charge in [-0.1, -0.05) is 39.1 Å². The van der Waals surface area contributed by atoms with E-state index in [1.807, 2.05) is 20.8 Å². The first-order chi connectivity index (χ1) is 7.77.